The Bertz CT molecular complexity index is 692. The summed E-state index contributed by atoms with van der Waals surface area (Å²) in [6.07, 6.45) is 1.77. The predicted octanol–water partition coefficient (Wildman–Crippen LogP) is 3.02. The van der Waals surface area contributed by atoms with E-state index in [1.165, 1.54) is 0 Å². The average Bonchev–Trinajstić information content (AvgIpc) is 2.66. The highest BCUT2D eigenvalue weighted by Gasteiger charge is 2.02. The van der Waals surface area contributed by atoms with Gasteiger partial charge in [0.25, 0.3) is 0 Å². The number of aromatic nitrogens is 1. The van der Waals surface area contributed by atoms with Crippen LogP contribution in [0.4, 0.5) is 0 Å². The number of halogens is 1. The van der Waals surface area contributed by atoms with Gasteiger partial charge in [0.05, 0.1) is 13.2 Å². The van der Waals surface area contributed by atoms with Crippen molar-refractivity contribution in [3.8, 4) is 5.88 Å². The van der Waals surface area contributed by atoms with E-state index in [1.807, 2.05) is 43.3 Å². The second-order valence-corrected chi connectivity index (χ2v) is 5.89. The highest BCUT2D eigenvalue weighted by atomic mass is 35.5. The van der Waals surface area contributed by atoms with E-state index in [2.05, 4.69) is 20.6 Å². The number of nitrogens with zero attached hydrogens (tertiary/aromatic N) is 2. The lowest BCUT2D eigenvalue weighted by Crippen LogP contribution is -2.36. The zero-order chi connectivity index (χ0) is 18.6. The van der Waals surface area contributed by atoms with Crippen LogP contribution in [0.25, 0.3) is 0 Å². The van der Waals surface area contributed by atoms with Gasteiger partial charge in [-0.1, -0.05) is 35.9 Å². The van der Waals surface area contributed by atoms with Crippen molar-refractivity contribution in [3.05, 3.63) is 58.7 Å². The first kappa shape index (κ1) is 20.0. The monoisotopic (exact) mass is 376 g/mol. The fraction of sp³-hybridized carbons (Fsp3) is 0.368. The Labute approximate surface area is 159 Å². The number of aliphatic imine (C=N–C) groups is 1. The summed E-state index contributed by atoms with van der Waals surface area (Å²) in [5.41, 5.74) is 2.03. The van der Waals surface area contributed by atoms with Crippen LogP contribution in [0.1, 0.15) is 18.1 Å². The fourth-order valence-corrected chi connectivity index (χ4v) is 2.35. The molecule has 2 rings (SSSR count). The van der Waals surface area contributed by atoms with Crippen molar-refractivity contribution in [2.24, 2.45) is 4.99 Å². The Morgan fingerprint density at radius 3 is 2.69 bits per heavy atom. The predicted molar refractivity (Wildman–Crippen MR) is 105 cm³/mol. The normalized spacial score (nSPS) is 11.3. The Morgan fingerprint density at radius 1 is 1.15 bits per heavy atom. The third-order valence-corrected chi connectivity index (χ3v) is 3.87. The zero-order valence-corrected chi connectivity index (χ0v) is 15.9. The number of hydrogen-bond donors (Lipinski definition) is 2. The molecule has 0 saturated heterocycles. The molecular weight excluding hydrogens is 352 g/mol. The maximum atomic E-state index is 6.19. The summed E-state index contributed by atoms with van der Waals surface area (Å²) >= 11 is 6.19. The molecule has 0 spiro atoms. The van der Waals surface area contributed by atoms with E-state index >= 15 is 0 Å². The van der Waals surface area contributed by atoms with Crippen LogP contribution in [0.5, 0.6) is 5.88 Å². The first-order valence-electron chi connectivity index (χ1n) is 8.55. The minimum Gasteiger partial charge on any atom is -0.475 e. The number of ether oxygens (including phenoxy) is 2. The van der Waals surface area contributed by atoms with E-state index in [9.17, 15) is 0 Å². The van der Waals surface area contributed by atoms with Gasteiger partial charge in [0.15, 0.2) is 5.96 Å². The van der Waals surface area contributed by atoms with Crippen LogP contribution in [0, 0.1) is 0 Å². The van der Waals surface area contributed by atoms with Crippen molar-refractivity contribution in [1.29, 1.82) is 0 Å². The second-order valence-electron chi connectivity index (χ2n) is 5.49. The van der Waals surface area contributed by atoms with Crippen molar-refractivity contribution in [2.75, 3.05) is 26.9 Å². The molecule has 0 saturated carbocycles. The summed E-state index contributed by atoms with van der Waals surface area (Å²) in [5.74, 6) is 1.31. The minimum absolute atomic E-state index is 0.484. The van der Waals surface area contributed by atoms with Gasteiger partial charge in [-0.05, 0) is 24.1 Å². The van der Waals surface area contributed by atoms with E-state index in [0.717, 1.165) is 28.7 Å². The van der Waals surface area contributed by atoms with E-state index in [1.54, 1.807) is 13.3 Å². The van der Waals surface area contributed by atoms with Crippen LogP contribution < -0.4 is 15.4 Å². The molecule has 0 aliphatic rings. The summed E-state index contributed by atoms with van der Waals surface area (Å²) in [6, 6.07) is 11.5. The number of benzene rings is 1. The molecule has 0 unspecified atom stereocenters. The number of rotatable bonds is 9. The Morgan fingerprint density at radius 2 is 2.00 bits per heavy atom. The van der Waals surface area contributed by atoms with Crippen molar-refractivity contribution in [2.45, 2.75) is 20.0 Å². The highest BCUT2D eigenvalue weighted by Crippen LogP contribution is 2.14. The van der Waals surface area contributed by atoms with Gasteiger partial charge < -0.3 is 20.1 Å². The maximum Gasteiger partial charge on any atom is 0.213 e. The lowest BCUT2D eigenvalue weighted by atomic mass is 10.2. The van der Waals surface area contributed by atoms with E-state index in [4.69, 9.17) is 21.1 Å². The van der Waals surface area contributed by atoms with Crippen molar-refractivity contribution >= 4 is 17.6 Å². The molecule has 0 aliphatic heterocycles. The van der Waals surface area contributed by atoms with Gasteiger partial charge in [0, 0.05) is 37.5 Å². The Hall–Kier alpha value is -2.31. The molecule has 7 heteroatoms. The minimum atomic E-state index is 0.484. The SMILES string of the molecule is CCNC(=NCc1ccc(OCCOC)nc1)NCc1ccccc1Cl. The fourth-order valence-electron chi connectivity index (χ4n) is 2.15. The topological polar surface area (TPSA) is 67.8 Å². The van der Waals surface area contributed by atoms with Gasteiger partial charge in [-0.3, -0.25) is 0 Å². The standard InChI is InChI=1S/C19H25ClN4O2/c1-3-21-19(24-14-16-6-4-5-7-17(16)20)23-13-15-8-9-18(22-12-15)26-11-10-25-2/h4-9,12H,3,10-11,13-14H2,1-2H3,(H2,21,23,24). The van der Waals surface area contributed by atoms with Gasteiger partial charge in [-0.15, -0.1) is 0 Å². The van der Waals surface area contributed by atoms with E-state index < -0.39 is 0 Å². The quantitative estimate of drug-likeness (QED) is 0.400. The first-order valence-corrected chi connectivity index (χ1v) is 8.93. The summed E-state index contributed by atoms with van der Waals surface area (Å²) in [4.78, 5) is 8.86. The molecule has 0 aliphatic carbocycles. The largest absolute Gasteiger partial charge is 0.475 e. The van der Waals surface area contributed by atoms with E-state index in [-0.39, 0.29) is 0 Å². The molecule has 26 heavy (non-hydrogen) atoms. The van der Waals surface area contributed by atoms with Crippen LogP contribution in [0.3, 0.4) is 0 Å². The van der Waals surface area contributed by atoms with Crippen LogP contribution >= 0.6 is 11.6 Å². The van der Waals surface area contributed by atoms with Crippen LogP contribution in [-0.2, 0) is 17.8 Å². The molecule has 0 fully saturated rings. The lowest BCUT2D eigenvalue weighted by molar-refractivity contribution is 0.143. The Balaban J connectivity index is 1.90. The van der Waals surface area contributed by atoms with Crippen LogP contribution in [0.15, 0.2) is 47.6 Å². The molecule has 1 aromatic carbocycles. The van der Waals surface area contributed by atoms with Gasteiger partial charge in [-0.25, -0.2) is 9.98 Å². The van der Waals surface area contributed by atoms with Gasteiger partial charge >= 0.3 is 0 Å². The molecule has 1 heterocycles. The number of methoxy groups -OCH3 is 1. The zero-order valence-electron chi connectivity index (χ0n) is 15.2. The Kier molecular flexibility index (Phi) is 8.72. The summed E-state index contributed by atoms with van der Waals surface area (Å²) < 4.78 is 10.4. The molecule has 0 bridgehead atoms. The number of nitrogens with one attached hydrogen (secondary N) is 2. The van der Waals surface area contributed by atoms with Crippen LogP contribution in [-0.4, -0.2) is 37.8 Å². The summed E-state index contributed by atoms with van der Waals surface area (Å²) in [7, 11) is 1.64. The third kappa shape index (κ3) is 6.90. The third-order valence-electron chi connectivity index (χ3n) is 3.50. The van der Waals surface area contributed by atoms with Gasteiger partial charge in [-0.2, -0.15) is 0 Å². The molecule has 1 aromatic heterocycles. The van der Waals surface area contributed by atoms with Crippen LogP contribution in [0.2, 0.25) is 5.02 Å². The first-order chi connectivity index (χ1) is 12.7. The molecule has 140 valence electrons. The van der Waals surface area contributed by atoms with E-state index in [0.29, 0.717) is 32.2 Å². The number of hydrogen-bond acceptors (Lipinski definition) is 4. The van der Waals surface area contributed by atoms with Crippen molar-refractivity contribution in [1.82, 2.24) is 15.6 Å². The van der Waals surface area contributed by atoms with Crippen molar-refractivity contribution in [3.63, 3.8) is 0 Å². The maximum absolute atomic E-state index is 6.19. The second kappa shape index (κ2) is 11.3. The lowest BCUT2D eigenvalue weighted by Gasteiger charge is -2.12. The molecule has 0 amide bonds. The molecule has 0 radical (unpaired) electrons. The number of pyridine rings is 1. The number of guanidine groups is 1. The summed E-state index contributed by atoms with van der Waals surface area (Å²) in [6.45, 7) is 4.95. The molecule has 0 atom stereocenters. The molecular formula is C19H25ClN4O2. The highest BCUT2D eigenvalue weighted by molar-refractivity contribution is 6.31. The van der Waals surface area contributed by atoms with Gasteiger partial charge in [0.1, 0.15) is 6.61 Å². The smallest absolute Gasteiger partial charge is 0.213 e. The van der Waals surface area contributed by atoms with Crippen molar-refractivity contribution < 1.29 is 9.47 Å². The van der Waals surface area contributed by atoms with Gasteiger partial charge in [0.2, 0.25) is 5.88 Å². The molecule has 6 nitrogen and oxygen atoms in total. The molecule has 2 aromatic rings. The molecule has 2 N–H and O–H groups in total. The average molecular weight is 377 g/mol. The summed E-state index contributed by atoms with van der Waals surface area (Å²) in [5, 5.41) is 7.25.